The van der Waals surface area contributed by atoms with E-state index >= 15 is 0 Å². The first-order chi connectivity index (χ1) is 14.1. The topological polar surface area (TPSA) is 111 Å². The second-order valence-electron chi connectivity index (χ2n) is 5.99. The fraction of sp³-hybridized carbons (Fsp3) is 0.389. The molecule has 30 heavy (non-hydrogen) atoms. The largest absolute Gasteiger partial charge is 0.464 e. The fourth-order valence-corrected chi connectivity index (χ4v) is 5.65. The zero-order valence-electron chi connectivity index (χ0n) is 15.9. The molecule has 8 nitrogen and oxygen atoms in total. The summed E-state index contributed by atoms with van der Waals surface area (Å²) in [5, 5.41) is 17.9. The molecule has 0 spiro atoms. The van der Waals surface area contributed by atoms with Crippen LogP contribution in [0.1, 0.15) is 13.3 Å². The number of pyridine rings is 2. The van der Waals surface area contributed by atoms with Gasteiger partial charge in [-0.3, -0.25) is 14.4 Å². The lowest BCUT2D eigenvalue weighted by Gasteiger charge is -2.11. The van der Waals surface area contributed by atoms with Crippen LogP contribution in [0.15, 0.2) is 34.4 Å². The van der Waals surface area contributed by atoms with E-state index in [0.29, 0.717) is 27.4 Å². The van der Waals surface area contributed by atoms with Gasteiger partial charge < -0.3 is 24.1 Å². The third-order valence-corrected chi connectivity index (χ3v) is 6.47. The van der Waals surface area contributed by atoms with Crippen LogP contribution in [0.25, 0.3) is 0 Å². The molecule has 0 bridgehead atoms. The van der Waals surface area contributed by atoms with Gasteiger partial charge in [-0.1, -0.05) is 6.92 Å². The SMILES string of the molecule is CCCOC(=O)Cn1cc(I)c(=O)c(I)c1.O=c1c(I)cn(CC(O)CO)cc1I. The van der Waals surface area contributed by atoms with Crippen LogP contribution in [0, 0.1) is 14.3 Å². The van der Waals surface area contributed by atoms with E-state index in [1.165, 1.54) is 0 Å². The summed E-state index contributed by atoms with van der Waals surface area (Å²) in [7, 11) is 0. The van der Waals surface area contributed by atoms with E-state index in [-0.39, 0.29) is 30.0 Å². The van der Waals surface area contributed by atoms with Gasteiger partial charge in [0, 0.05) is 24.8 Å². The molecule has 0 aliphatic rings. The molecule has 2 aromatic heterocycles. The number of carbonyl (C=O) groups excluding carboxylic acids is 1. The smallest absolute Gasteiger partial charge is 0.325 e. The van der Waals surface area contributed by atoms with E-state index in [1.54, 1.807) is 33.9 Å². The fourth-order valence-electron chi connectivity index (χ4n) is 2.03. The monoisotopic (exact) mass is 868 g/mol. The van der Waals surface area contributed by atoms with Gasteiger partial charge >= 0.3 is 5.97 Å². The van der Waals surface area contributed by atoms with E-state index in [0.717, 1.165) is 6.42 Å². The molecule has 0 aromatic carbocycles. The van der Waals surface area contributed by atoms with Crippen LogP contribution in [0.4, 0.5) is 0 Å². The number of carbonyl (C=O) groups is 1. The zero-order chi connectivity index (χ0) is 22.8. The Hall–Kier alpha value is 0.210. The molecule has 166 valence electrons. The Balaban J connectivity index is 0.000000303. The molecule has 0 aliphatic carbocycles. The van der Waals surface area contributed by atoms with Crippen molar-refractivity contribution in [3.8, 4) is 0 Å². The maximum Gasteiger partial charge on any atom is 0.325 e. The van der Waals surface area contributed by atoms with Crippen LogP contribution >= 0.6 is 90.4 Å². The van der Waals surface area contributed by atoms with Crippen LogP contribution in [0.3, 0.4) is 0 Å². The third-order valence-electron chi connectivity index (χ3n) is 3.40. The Bertz CT molecular complexity index is 924. The molecule has 12 heteroatoms. The highest BCUT2D eigenvalue weighted by molar-refractivity contribution is 14.1. The molecule has 0 amide bonds. The lowest BCUT2D eigenvalue weighted by atomic mass is 10.3. The molecule has 0 radical (unpaired) electrons. The number of aromatic nitrogens is 2. The highest BCUT2D eigenvalue weighted by Gasteiger charge is 2.07. The first-order valence-corrected chi connectivity index (χ1v) is 12.9. The Labute approximate surface area is 228 Å². The average Bonchev–Trinajstić information content (AvgIpc) is 2.68. The summed E-state index contributed by atoms with van der Waals surface area (Å²) in [4.78, 5) is 34.1. The van der Waals surface area contributed by atoms with E-state index in [4.69, 9.17) is 9.84 Å². The maximum absolute atomic E-state index is 11.4. The molecule has 2 N–H and O–H groups in total. The van der Waals surface area contributed by atoms with Crippen molar-refractivity contribution in [2.24, 2.45) is 0 Å². The number of esters is 1. The van der Waals surface area contributed by atoms with Crippen LogP contribution < -0.4 is 10.9 Å². The Kier molecular flexibility index (Phi) is 13.5. The van der Waals surface area contributed by atoms with Crippen LogP contribution in [-0.2, 0) is 22.6 Å². The molecular formula is C18H20I4N2O6. The predicted molar refractivity (Wildman–Crippen MR) is 147 cm³/mol. The Morgan fingerprint density at radius 2 is 1.40 bits per heavy atom. The molecule has 2 heterocycles. The zero-order valence-corrected chi connectivity index (χ0v) is 24.5. The molecule has 2 rings (SSSR count). The van der Waals surface area contributed by atoms with Crippen molar-refractivity contribution < 1.29 is 19.7 Å². The standard InChI is InChI=1S/C10H11I2NO3.C8H9I2NO3/c1-2-3-16-9(14)6-13-4-7(11)10(15)8(12)5-13;9-6-2-11(1-5(13)4-12)3-7(10)8(6)14/h4-5H,2-3,6H2,1H3;2-3,5,12-13H,1,4H2. The second-order valence-corrected chi connectivity index (χ2v) is 10.6. The lowest BCUT2D eigenvalue weighted by Crippen LogP contribution is -2.22. The van der Waals surface area contributed by atoms with Crippen molar-refractivity contribution >= 4 is 96.3 Å². The number of hydrogen-bond acceptors (Lipinski definition) is 6. The van der Waals surface area contributed by atoms with Crippen molar-refractivity contribution in [1.29, 1.82) is 0 Å². The van der Waals surface area contributed by atoms with Crippen molar-refractivity contribution in [3.63, 3.8) is 0 Å². The summed E-state index contributed by atoms with van der Waals surface area (Å²) in [6.45, 7) is 2.54. The molecule has 0 fully saturated rings. The predicted octanol–water partition coefficient (Wildman–Crippen LogP) is 2.42. The van der Waals surface area contributed by atoms with E-state index in [2.05, 4.69) is 0 Å². The van der Waals surface area contributed by atoms with Gasteiger partial charge in [0.05, 0.1) is 40.1 Å². The van der Waals surface area contributed by atoms with Gasteiger partial charge in [0.25, 0.3) is 0 Å². The molecule has 0 aliphatic heterocycles. The molecule has 2 aromatic rings. The van der Waals surface area contributed by atoms with Crippen molar-refractivity contribution in [1.82, 2.24) is 9.13 Å². The molecular weight excluding hydrogens is 848 g/mol. The number of nitrogens with zero attached hydrogens (tertiary/aromatic N) is 2. The van der Waals surface area contributed by atoms with Crippen molar-refractivity contribution in [3.05, 3.63) is 59.5 Å². The number of aliphatic hydroxyl groups excluding tert-OH is 2. The summed E-state index contributed by atoms with van der Waals surface area (Å²) < 4.78 is 10.8. The van der Waals surface area contributed by atoms with Gasteiger partial charge in [-0.05, 0) is 96.8 Å². The lowest BCUT2D eigenvalue weighted by molar-refractivity contribution is -0.144. The number of rotatable bonds is 7. The first kappa shape index (κ1) is 28.2. The molecule has 1 atom stereocenters. The van der Waals surface area contributed by atoms with Gasteiger partial charge in [0.2, 0.25) is 10.9 Å². The number of halogens is 4. The van der Waals surface area contributed by atoms with Gasteiger partial charge in [0.15, 0.2) is 0 Å². The summed E-state index contributed by atoms with van der Waals surface area (Å²) in [5.74, 6) is -0.280. The summed E-state index contributed by atoms with van der Waals surface area (Å²) in [6, 6.07) is 0. The van der Waals surface area contributed by atoms with E-state index in [1.807, 2.05) is 97.3 Å². The Morgan fingerprint density at radius 3 is 1.80 bits per heavy atom. The van der Waals surface area contributed by atoms with E-state index < -0.39 is 6.10 Å². The maximum atomic E-state index is 11.4. The van der Waals surface area contributed by atoms with Crippen LogP contribution in [0.5, 0.6) is 0 Å². The van der Waals surface area contributed by atoms with Crippen molar-refractivity contribution in [2.45, 2.75) is 32.5 Å². The highest BCUT2D eigenvalue weighted by atomic mass is 127. The average molecular weight is 868 g/mol. The quantitative estimate of drug-likeness (QED) is 0.327. The molecule has 0 saturated heterocycles. The minimum absolute atomic E-state index is 0.000578. The summed E-state index contributed by atoms with van der Waals surface area (Å²) >= 11 is 7.83. The minimum Gasteiger partial charge on any atom is -0.464 e. The van der Waals surface area contributed by atoms with E-state index in [9.17, 15) is 19.5 Å². The van der Waals surface area contributed by atoms with Gasteiger partial charge in [-0.15, -0.1) is 0 Å². The van der Waals surface area contributed by atoms with Gasteiger partial charge in [-0.25, -0.2) is 0 Å². The summed E-state index contributed by atoms with van der Waals surface area (Å²) in [6.07, 6.45) is 6.64. The third kappa shape index (κ3) is 9.78. The van der Waals surface area contributed by atoms with Gasteiger partial charge in [0.1, 0.15) is 6.54 Å². The van der Waals surface area contributed by atoms with Crippen LogP contribution in [-0.4, -0.2) is 44.6 Å². The number of ether oxygens (including phenoxy) is 1. The summed E-state index contributed by atoms with van der Waals surface area (Å²) in [5.41, 5.74) is 0.000291. The normalized spacial score (nSPS) is 11.4. The Morgan fingerprint density at radius 1 is 0.967 bits per heavy atom. The van der Waals surface area contributed by atoms with Crippen molar-refractivity contribution in [2.75, 3.05) is 13.2 Å². The molecule has 1 unspecified atom stereocenters. The van der Waals surface area contributed by atoms with Gasteiger partial charge in [-0.2, -0.15) is 0 Å². The molecule has 0 saturated carbocycles. The number of aliphatic hydroxyl groups is 2. The first-order valence-electron chi connectivity index (χ1n) is 8.63. The minimum atomic E-state index is -0.788. The second kappa shape index (κ2) is 14.4. The highest BCUT2D eigenvalue weighted by Crippen LogP contribution is 2.05. The number of hydrogen-bond donors (Lipinski definition) is 2. The van der Waals surface area contributed by atoms with Crippen LogP contribution in [0.2, 0.25) is 0 Å².